The molecule has 29 heavy (non-hydrogen) atoms. The number of hydrogen-bond donors (Lipinski definition) is 1. The number of rotatable bonds is 5. The minimum absolute atomic E-state index is 0.149. The van der Waals surface area contributed by atoms with Crippen molar-refractivity contribution in [2.75, 3.05) is 14.2 Å². The number of benzene rings is 1. The number of aryl methyl sites for hydroxylation is 1. The van der Waals surface area contributed by atoms with Gasteiger partial charge in [0.1, 0.15) is 34.3 Å². The molecule has 2 aromatic heterocycles. The normalized spacial score (nSPS) is 15.8. The van der Waals surface area contributed by atoms with Crippen molar-refractivity contribution in [1.82, 2.24) is 9.97 Å². The molecule has 1 N–H and O–H groups in total. The molecule has 0 spiro atoms. The molecule has 0 saturated heterocycles. The lowest BCUT2D eigenvalue weighted by molar-refractivity contribution is 0.0455. The van der Waals surface area contributed by atoms with Crippen LogP contribution in [-0.4, -0.2) is 30.2 Å². The highest BCUT2D eigenvalue weighted by Gasteiger charge is 2.24. The summed E-state index contributed by atoms with van der Waals surface area (Å²) < 4.78 is 15.9. The number of aromatic nitrogens is 2. The fraction of sp³-hybridized carbons (Fsp3) is 0.381. The van der Waals surface area contributed by atoms with Crippen LogP contribution < -0.4 is 15.0 Å². The standard InChI is InChI=1S/C21H22N2O5S/c1-11-7-8-12-15(9-11)29-20-17(12)19(24)22-16(23-20)10-28-21(25)18-13(26-2)5-4-6-14(18)27-3/h4-6,11H,7-10H2,1-3H3,(H,22,23,24). The fourth-order valence-corrected chi connectivity index (χ4v) is 5.12. The van der Waals surface area contributed by atoms with Crippen molar-refractivity contribution in [2.45, 2.75) is 32.8 Å². The lowest BCUT2D eigenvalue weighted by Gasteiger charge is -2.17. The highest BCUT2D eigenvalue weighted by Crippen LogP contribution is 2.35. The van der Waals surface area contributed by atoms with Crippen LogP contribution in [-0.2, 0) is 24.2 Å². The molecule has 1 aliphatic carbocycles. The van der Waals surface area contributed by atoms with Gasteiger partial charge in [-0.05, 0) is 42.9 Å². The van der Waals surface area contributed by atoms with E-state index in [9.17, 15) is 9.59 Å². The molecule has 1 unspecified atom stereocenters. The van der Waals surface area contributed by atoms with Crippen LogP contribution in [0.2, 0.25) is 0 Å². The smallest absolute Gasteiger partial charge is 0.346 e. The number of ether oxygens (including phenoxy) is 3. The zero-order chi connectivity index (χ0) is 20.5. The maximum Gasteiger partial charge on any atom is 0.346 e. The molecule has 0 fully saturated rings. The first kappa shape index (κ1) is 19.4. The first-order chi connectivity index (χ1) is 14.0. The third-order valence-corrected chi connectivity index (χ3v) is 6.33. The van der Waals surface area contributed by atoms with Gasteiger partial charge in [-0.3, -0.25) is 4.79 Å². The Morgan fingerprint density at radius 3 is 2.69 bits per heavy atom. The van der Waals surface area contributed by atoms with E-state index in [1.807, 2.05) is 0 Å². The van der Waals surface area contributed by atoms with Crippen molar-refractivity contribution in [3.63, 3.8) is 0 Å². The minimum atomic E-state index is -0.610. The molecule has 0 aliphatic heterocycles. The lowest BCUT2D eigenvalue weighted by Crippen LogP contribution is -2.16. The Hall–Kier alpha value is -2.87. The van der Waals surface area contributed by atoms with Gasteiger partial charge in [-0.2, -0.15) is 0 Å². The van der Waals surface area contributed by atoms with Gasteiger partial charge in [0.2, 0.25) is 0 Å². The summed E-state index contributed by atoms with van der Waals surface area (Å²) in [4.78, 5) is 34.5. The average Bonchev–Trinajstić information content (AvgIpc) is 3.08. The summed E-state index contributed by atoms with van der Waals surface area (Å²) in [5.74, 6) is 1.03. The Labute approximate surface area is 171 Å². The number of aromatic amines is 1. The van der Waals surface area contributed by atoms with E-state index in [1.54, 1.807) is 29.5 Å². The van der Waals surface area contributed by atoms with Gasteiger partial charge in [0.25, 0.3) is 5.56 Å². The molecule has 0 radical (unpaired) electrons. The fourth-order valence-electron chi connectivity index (χ4n) is 3.72. The third-order valence-electron chi connectivity index (χ3n) is 5.19. The molecule has 2 heterocycles. The predicted molar refractivity (Wildman–Crippen MR) is 110 cm³/mol. The zero-order valence-corrected chi connectivity index (χ0v) is 17.4. The Balaban J connectivity index is 1.60. The number of esters is 1. The molecule has 1 aromatic carbocycles. The lowest BCUT2D eigenvalue weighted by atomic mass is 9.89. The number of carbonyl (C=O) groups is 1. The van der Waals surface area contributed by atoms with Crippen LogP contribution in [0.1, 0.15) is 40.0 Å². The van der Waals surface area contributed by atoms with Crippen LogP contribution >= 0.6 is 11.3 Å². The van der Waals surface area contributed by atoms with E-state index < -0.39 is 5.97 Å². The first-order valence-corrected chi connectivity index (χ1v) is 10.2. The number of nitrogens with zero attached hydrogens (tertiary/aromatic N) is 1. The molecular formula is C21H22N2O5S. The Bertz CT molecular complexity index is 1110. The van der Waals surface area contributed by atoms with Gasteiger partial charge in [0, 0.05) is 4.88 Å². The maximum absolute atomic E-state index is 12.7. The van der Waals surface area contributed by atoms with Gasteiger partial charge in [-0.1, -0.05) is 13.0 Å². The number of thiophene rings is 1. The van der Waals surface area contributed by atoms with Gasteiger partial charge in [0.15, 0.2) is 0 Å². The molecule has 7 nitrogen and oxygen atoms in total. The maximum atomic E-state index is 12.7. The molecule has 3 aromatic rings. The Morgan fingerprint density at radius 2 is 2.00 bits per heavy atom. The number of carbonyl (C=O) groups excluding carboxylic acids is 1. The molecule has 4 rings (SSSR count). The van der Waals surface area contributed by atoms with E-state index >= 15 is 0 Å². The molecule has 8 heteroatoms. The van der Waals surface area contributed by atoms with Crippen LogP contribution in [0, 0.1) is 5.92 Å². The van der Waals surface area contributed by atoms with Crippen LogP contribution in [0.3, 0.4) is 0 Å². The van der Waals surface area contributed by atoms with Crippen molar-refractivity contribution in [2.24, 2.45) is 5.92 Å². The summed E-state index contributed by atoms with van der Waals surface area (Å²) >= 11 is 1.56. The summed E-state index contributed by atoms with van der Waals surface area (Å²) in [6, 6.07) is 5.03. The van der Waals surface area contributed by atoms with Crippen LogP contribution in [0.25, 0.3) is 10.2 Å². The molecule has 0 bridgehead atoms. The molecular weight excluding hydrogens is 392 g/mol. The zero-order valence-electron chi connectivity index (χ0n) is 16.5. The van der Waals surface area contributed by atoms with Gasteiger partial charge < -0.3 is 19.2 Å². The van der Waals surface area contributed by atoms with Gasteiger partial charge in [0.05, 0.1) is 19.6 Å². The van der Waals surface area contributed by atoms with E-state index in [1.165, 1.54) is 19.1 Å². The number of fused-ring (bicyclic) bond motifs is 3. The van der Waals surface area contributed by atoms with Crippen molar-refractivity contribution < 1.29 is 19.0 Å². The molecule has 0 saturated carbocycles. The van der Waals surface area contributed by atoms with Gasteiger partial charge in [-0.15, -0.1) is 11.3 Å². The predicted octanol–water partition coefficient (Wildman–Crippen LogP) is 3.48. The number of methoxy groups -OCH3 is 2. The largest absolute Gasteiger partial charge is 0.496 e. The van der Waals surface area contributed by atoms with E-state index in [0.29, 0.717) is 33.5 Å². The van der Waals surface area contributed by atoms with Crippen molar-refractivity contribution in [1.29, 1.82) is 0 Å². The second kappa shape index (κ2) is 7.87. The monoisotopic (exact) mass is 414 g/mol. The first-order valence-electron chi connectivity index (χ1n) is 9.43. The number of nitrogens with one attached hydrogen (secondary N) is 1. The number of hydrogen-bond acceptors (Lipinski definition) is 7. The molecule has 1 aliphatic rings. The van der Waals surface area contributed by atoms with Crippen LogP contribution in [0.4, 0.5) is 0 Å². The molecule has 1 atom stereocenters. The quantitative estimate of drug-likeness (QED) is 0.643. The molecule has 0 amide bonds. The summed E-state index contributed by atoms with van der Waals surface area (Å²) in [5, 5.41) is 0.679. The topological polar surface area (TPSA) is 90.5 Å². The number of H-pyrrole nitrogens is 1. The van der Waals surface area contributed by atoms with E-state index in [2.05, 4.69) is 16.9 Å². The van der Waals surface area contributed by atoms with E-state index in [0.717, 1.165) is 24.8 Å². The van der Waals surface area contributed by atoms with Crippen molar-refractivity contribution in [3.8, 4) is 11.5 Å². The van der Waals surface area contributed by atoms with Crippen molar-refractivity contribution >= 4 is 27.5 Å². The van der Waals surface area contributed by atoms with Gasteiger partial charge in [-0.25, -0.2) is 9.78 Å². The van der Waals surface area contributed by atoms with Crippen molar-refractivity contribution in [3.05, 3.63) is 50.4 Å². The molecule has 152 valence electrons. The van der Waals surface area contributed by atoms with Crippen LogP contribution in [0.5, 0.6) is 11.5 Å². The average molecular weight is 414 g/mol. The van der Waals surface area contributed by atoms with E-state index in [4.69, 9.17) is 14.2 Å². The Morgan fingerprint density at radius 1 is 1.28 bits per heavy atom. The van der Waals surface area contributed by atoms with E-state index in [-0.39, 0.29) is 17.7 Å². The second-order valence-electron chi connectivity index (χ2n) is 7.16. The summed E-state index contributed by atoms with van der Waals surface area (Å²) in [7, 11) is 2.94. The summed E-state index contributed by atoms with van der Waals surface area (Å²) in [5.41, 5.74) is 1.14. The summed E-state index contributed by atoms with van der Waals surface area (Å²) in [6.45, 7) is 2.08. The highest BCUT2D eigenvalue weighted by atomic mass is 32.1. The minimum Gasteiger partial charge on any atom is -0.496 e. The second-order valence-corrected chi connectivity index (χ2v) is 8.24. The van der Waals surface area contributed by atoms with Gasteiger partial charge >= 0.3 is 5.97 Å². The Kier molecular flexibility index (Phi) is 5.27. The summed E-state index contributed by atoms with van der Waals surface area (Å²) in [6.07, 6.45) is 2.97. The SMILES string of the molecule is COc1cccc(OC)c1C(=O)OCc1nc2sc3c(c2c(=O)[nH]1)CCC(C)C3. The van der Waals surface area contributed by atoms with Crippen LogP contribution in [0.15, 0.2) is 23.0 Å². The third kappa shape index (κ3) is 3.60. The highest BCUT2D eigenvalue weighted by molar-refractivity contribution is 7.18.